The Labute approximate surface area is 172 Å². The highest BCUT2D eigenvalue weighted by molar-refractivity contribution is 5.88. The Morgan fingerprint density at radius 3 is 2.69 bits per heavy atom. The molecule has 0 aliphatic carbocycles. The van der Waals surface area contributed by atoms with Crippen LogP contribution in [0.1, 0.15) is 30.0 Å². The molecule has 1 unspecified atom stereocenters. The minimum atomic E-state index is -0.466. The van der Waals surface area contributed by atoms with Gasteiger partial charge in [-0.25, -0.2) is 0 Å². The summed E-state index contributed by atoms with van der Waals surface area (Å²) in [6, 6.07) is 15.4. The molecular weight excluding hydrogens is 366 g/mol. The number of carbonyl (C=O) groups is 2. The van der Waals surface area contributed by atoms with Crippen molar-refractivity contribution in [3.8, 4) is 5.75 Å². The van der Waals surface area contributed by atoms with Crippen LogP contribution >= 0.6 is 0 Å². The number of nitrogens with zero attached hydrogens (tertiary/aromatic N) is 1. The Balaban J connectivity index is 1.59. The van der Waals surface area contributed by atoms with Gasteiger partial charge in [0.25, 0.3) is 0 Å². The Bertz CT molecular complexity index is 836. The van der Waals surface area contributed by atoms with Crippen LogP contribution in [0.15, 0.2) is 48.5 Å². The van der Waals surface area contributed by atoms with E-state index in [-0.39, 0.29) is 18.2 Å². The van der Waals surface area contributed by atoms with Crippen molar-refractivity contribution in [2.75, 3.05) is 19.7 Å². The third-order valence-corrected chi connectivity index (χ3v) is 5.18. The lowest BCUT2D eigenvalue weighted by molar-refractivity contribution is -0.134. The molecule has 3 rings (SSSR count). The van der Waals surface area contributed by atoms with E-state index in [0.717, 1.165) is 22.4 Å². The largest absolute Gasteiger partial charge is 0.494 e. The highest BCUT2D eigenvalue weighted by Crippen LogP contribution is 2.17. The summed E-state index contributed by atoms with van der Waals surface area (Å²) >= 11 is 0. The van der Waals surface area contributed by atoms with Crippen LogP contribution in [0.3, 0.4) is 0 Å². The van der Waals surface area contributed by atoms with Crippen LogP contribution in [0.5, 0.6) is 5.75 Å². The van der Waals surface area contributed by atoms with Gasteiger partial charge in [-0.05, 0) is 42.7 Å². The van der Waals surface area contributed by atoms with Crippen molar-refractivity contribution >= 4 is 11.8 Å². The van der Waals surface area contributed by atoms with E-state index in [1.165, 1.54) is 0 Å². The van der Waals surface area contributed by atoms with E-state index in [2.05, 4.69) is 15.5 Å². The van der Waals surface area contributed by atoms with Crippen molar-refractivity contribution in [1.29, 1.82) is 0 Å². The number of piperazine rings is 1. The number of aryl methyl sites for hydroxylation is 1. The van der Waals surface area contributed by atoms with Crippen molar-refractivity contribution in [3.63, 3.8) is 0 Å². The fourth-order valence-corrected chi connectivity index (χ4v) is 3.52. The minimum Gasteiger partial charge on any atom is -0.494 e. The molecular formula is C23H29N3O3. The molecule has 0 aromatic heterocycles. The van der Waals surface area contributed by atoms with E-state index in [9.17, 15) is 9.59 Å². The van der Waals surface area contributed by atoms with E-state index < -0.39 is 6.04 Å². The number of hydrogen-bond donors (Lipinski definition) is 2. The lowest BCUT2D eigenvalue weighted by Gasteiger charge is -2.34. The standard InChI is InChI=1S/C23H29N3O3/c1-3-29-20-10-8-18(9-11-20)16-26-13-12-24-23(28)21(26)14-22(27)25-15-19-7-5-4-6-17(19)2/h4-11,21H,3,12-16H2,1-2H3,(H,24,28)(H,25,27). The molecule has 1 aliphatic rings. The second kappa shape index (κ2) is 10.1. The molecule has 0 bridgehead atoms. The highest BCUT2D eigenvalue weighted by Gasteiger charge is 2.31. The van der Waals surface area contributed by atoms with Gasteiger partial charge < -0.3 is 15.4 Å². The number of rotatable bonds is 8. The van der Waals surface area contributed by atoms with Crippen molar-refractivity contribution in [1.82, 2.24) is 15.5 Å². The van der Waals surface area contributed by atoms with E-state index >= 15 is 0 Å². The topological polar surface area (TPSA) is 70.7 Å². The van der Waals surface area contributed by atoms with Crippen molar-refractivity contribution in [2.24, 2.45) is 0 Å². The number of ether oxygens (including phenoxy) is 1. The van der Waals surface area contributed by atoms with Crippen LogP contribution in [0.2, 0.25) is 0 Å². The van der Waals surface area contributed by atoms with Crippen molar-refractivity contribution < 1.29 is 14.3 Å². The summed E-state index contributed by atoms with van der Waals surface area (Å²) in [4.78, 5) is 27.0. The summed E-state index contributed by atoms with van der Waals surface area (Å²) < 4.78 is 5.48. The molecule has 2 aromatic rings. The zero-order valence-electron chi connectivity index (χ0n) is 17.1. The molecule has 154 valence electrons. The van der Waals surface area contributed by atoms with Gasteiger partial charge in [-0.3, -0.25) is 14.5 Å². The molecule has 6 nitrogen and oxygen atoms in total. The molecule has 1 fully saturated rings. The molecule has 0 spiro atoms. The Kier molecular flexibility index (Phi) is 7.25. The first-order chi connectivity index (χ1) is 14.1. The first-order valence-corrected chi connectivity index (χ1v) is 10.1. The Morgan fingerprint density at radius 2 is 1.97 bits per heavy atom. The minimum absolute atomic E-state index is 0.0896. The maximum atomic E-state index is 12.5. The fraction of sp³-hybridized carbons (Fsp3) is 0.391. The summed E-state index contributed by atoms with van der Waals surface area (Å²) in [5.41, 5.74) is 3.31. The molecule has 1 saturated heterocycles. The van der Waals surface area contributed by atoms with E-state index in [0.29, 0.717) is 32.8 Å². The molecule has 0 saturated carbocycles. The molecule has 29 heavy (non-hydrogen) atoms. The molecule has 2 amide bonds. The molecule has 0 radical (unpaired) electrons. The predicted octanol–water partition coefficient (Wildman–Crippen LogP) is 2.40. The number of carbonyl (C=O) groups excluding carboxylic acids is 2. The second-order valence-electron chi connectivity index (χ2n) is 7.26. The number of hydrogen-bond acceptors (Lipinski definition) is 4. The van der Waals surface area contributed by atoms with Gasteiger partial charge >= 0.3 is 0 Å². The van der Waals surface area contributed by atoms with Crippen molar-refractivity contribution in [3.05, 3.63) is 65.2 Å². The van der Waals surface area contributed by atoms with Crippen LogP contribution in [-0.2, 0) is 22.7 Å². The summed E-state index contributed by atoms with van der Waals surface area (Å²) in [7, 11) is 0. The SMILES string of the molecule is CCOc1ccc(CN2CCNC(=O)C2CC(=O)NCc2ccccc2C)cc1. The number of amides is 2. The fourth-order valence-electron chi connectivity index (χ4n) is 3.52. The third-order valence-electron chi connectivity index (χ3n) is 5.18. The first kappa shape index (κ1) is 20.9. The van der Waals surface area contributed by atoms with Crippen LogP contribution < -0.4 is 15.4 Å². The van der Waals surface area contributed by atoms with Gasteiger partial charge in [-0.1, -0.05) is 36.4 Å². The monoisotopic (exact) mass is 395 g/mol. The average Bonchev–Trinajstić information content (AvgIpc) is 2.71. The van der Waals surface area contributed by atoms with Gasteiger partial charge in [0.2, 0.25) is 11.8 Å². The number of nitrogens with one attached hydrogen (secondary N) is 2. The van der Waals surface area contributed by atoms with Gasteiger partial charge in [0.15, 0.2) is 0 Å². The van der Waals surface area contributed by atoms with Gasteiger partial charge in [-0.2, -0.15) is 0 Å². The van der Waals surface area contributed by atoms with E-state index in [1.54, 1.807) is 0 Å². The smallest absolute Gasteiger partial charge is 0.237 e. The third kappa shape index (κ3) is 5.81. The Hall–Kier alpha value is -2.86. The summed E-state index contributed by atoms with van der Waals surface area (Å²) in [6.45, 7) is 7.01. The summed E-state index contributed by atoms with van der Waals surface area (Å²) in [5, 5.41) is 5.83. The van der Waals surface area contributed by atoms with Gasteiger partial charge in [0, 0.05) is 26.2 Å². The highest BCUT2D eigenvalue weighted by atomic mass is 16.5. The molecule has 1 atom stereocenters. The first-order valence-electron chi connectivity index (χ1n) is 10.1. The predicted molar refractivity (Wildman–Crippen MR) is 112 cm³/mol. The Morgan fingerprint density at radius 1 is 1.21 bits per heavy atom. The van der Waals surface area contributed by atoms with Gasteiger partial charge in [-0.15, -0.1) is 0 Å². The lowest BCUT2D eigenvalue weighted by atomic mass is 10.1. The van der Waals surface area contributed by atoms with E-state index in [1.807, 2.05) is 62.4 Å². The second-order valence-corrected chi connectivity index (χ2v) is 7.26. The van der Waals surface area contributed by atoms with Crippen LogP contribution in [0.25, 0.3) is 0 Å². The molecule has 2 aromatic carbocycles. The molecule has 2 N–H and O–H groups in total. The zero-order valence-corrected chi connectivity index (χ0v) is 17.1. The average molecular weight is 396 g/mol. The van der Waals surface area contributed by atoms with E-state index in [4.69, 9.17) is 4.74 Å². The van der Waals surface area contributed by atoms with Crippen molar-refractivity contribution in [2.45, 2.75) is 39.4 Å². The lowest BCUT2D eigenvalue weighted by Crippen LogP contribution is -2.56. The number of benzene rings is 2. The summed E-state index contributed by atoms with van der Waals surface area (Å²) in [6.07, 6.45) is 0.148. The van der Waals surface area contributed by atoms with Crippen LogP contribution in [0, 0.1) is 6.92 Å². The quantitative estimate of drug-likeness (QED) is 0.720. The maximum Gasteiger partial charge on any atom is 0.237 e. The normalized spacial score (nSPS) is 16.9. The maximum absolute atomic E-state index is 12.5. The molecule has 1 heterocycles. The summed E-state index contributed by atoms with van der Waals surface area (Å²) in [5.74, 6) is 0.625. The molecule has 6 heteroatoms. The van der Waals surface area contributed by atoms with Gasteiger partial charge in [0.05, 0.1) is 19.1 Å². The van der Waals surface area contributed by atoms with Crippen LogP contribution in [-0.4, -0.2) is 42.5 Å². The van der Waals surface area contributed by atoms with Crippen LogP contribution in [0.4, 0.5) is 0 Å². The zero-order chi connectivity index (χ0) is 20.6. The molecule has 1 aliphatic heterocycles. The van der Waals surface area contributed by atoms with Gasteiger partial charge in [0.1, 0.15) is 5.75 Å².